The zero-order valence-corrected chi connectivity index (χ0v) is 12.0. The van der Waals surface area contributed by atoms with Gasteiger partial charge in [0, 0.05) is 4.47 Å². The molecule has 0 fully saturated rings. The van der Waals surface area contributed by atoms with Crippen LogP contribution in [0.2, 0.25) is 0 Å². The molecule has 0 aliphatic rings. The average Bonchev–Trinajstić information content (AvgIpc) is 2.23. The van der Waals surface area contributed by atoms with Crippen molar-refractivity contribution in [1.82, 2.24) is 0 Å². The Labute approximate surface area is 120 Å². The zero-order chi connectivity index (χ0) is 9.97. The van der Waals surface area contributed by atoms with Gasteiger partial charge in [-0.3, -0.25) is 0 Å². The maximum atomic E-state index is 11.2. The quantitative estimate of drug-likeness (QED) is 0.679. The number of hydrogen-bond donors (Lipinski definition) is 0. The fourth-order valence-corrected chi connectivity index (χ4v) is 1.69. The summed E-state index contributed by atoms with van der Waals surface area (Å²) < 4.78 is 0.610. The maximum absolute atomic E-state index is 11.2. The van der Waals surface area contributed by atoms with E-state index in [0.29, 0.717) is 4.47 Å². The van der Waals surface area contributed by atoms with Crippen LogP contribution < -0.4 is 34.7 Å². The smallest absolute Gasteiger partial charge is 0.872 e. The third-order valence-electron chi connectivity index (χ3n) is 2.04. The van der Waals surface area contributed by atoms with Gasteiger partial charge in [0.1, 0.15) is 0 Å². The van der Waals surface area contributed by atoms with Gasteiger partial charge in [0.05, 0.1) is 0 Å². The van der Waals surface area contributed by atoms with Crippen LogP contribution >= 0.6 is 15.9 Å². The normalized spacial score (nSPS) is 9.40. The first-order chi connectivity index (χ1) is 6.77. The van der Waals surface area contributed by atoms with E-state index >= 15 is 0 Å². The molecule has 2 aromatic rings. The summed E-state index contributed by atoms with van der Waals surface area (Å²) in [4.78, 5) is 0. The van der Waals surface area contributed by atoms with Crippen LogP contribution in [0.15, 0.2) is 53.0 Å². The number of rotatable bonds is 1. The Morgan fingerprint density at radius 2 is 1.53 bits per heavy atom. The molecule has 2 rings (SSSR count). The Morgan fingerprint density at radius 3 is 2.13 bits per heavy atom. The van der Waals surface area contributed by atoms with Gasteiger partial charge < -0.3 is 5.11 Å². The van der Waals surface area contributed by atoms with Crippen molar-refractivity contribution < 1.29 is 34.7 Å². The maximum Gasteiger partial charge on any atom is 1.00 e. The molecule has 0 radical (unpaired) electrons. The van der Waals surface area contributed by atoms with E-state index in [1.54, 1.807) is 6.07 Å². The number of benzene rings is 2. The van der Waals surface area contributed by atoms with Crippen molar-refractivity contribution in [2.75, 3.05) is 0 Å². The SMILES string of the molecule is [Na+].[O-]c1ccc(-c2ccccc2)cc1Br. The Hall–Kier alpha value is -0.280. The van der Waals surface area contributed by atoms with E-state index in [-0.39, 0.29) is 35.3 Å². The van der Waals surface area contributed by atoms with Crippen LogP contribution in [0, 0.1) is 0 Å². The molecule has 0 aromatic heterocycles. The summed E-state index contributed by atoms with van der Waals surface area (Å²) in [5.41, 5.74) is 2.17. The van der Waals surface area contributed by atoms with Gasteiger partial charge in [-0.15, -0.1) is 0 Å². The zero-order valence-electron chi connectivity index (χ0n) is 8.41. The van der Waals surface area contributed by atoms with Crippen LogP contribution in [0.5, 0.6) is 5.75 Å². The minimum atomic E-state index is 0. The van der Waals surface area contributed by atoms with Gasteiger partial charge in [-0.25, -0.2) is 0 Å². The van der Waals surface area contributed by atoms with Crippen molar-refractivity contribution in [2.45, 2.75) is 0 Å². The molecule has 0 aliphatic heterocycles. The molecule has 2 aromatic carbocycles. The summed E-state index contributed by atoms with van der Waals surface area (Å²) in [5.74, 6) is 0.0182. The van der Waals surface area contributed by atoms with Crippen molar-refractivity contribution in [1.29, 1.82) is 0 Å². The van der Waals surface area contributed by atoms with Crippen LogP contribution in [0.3, 0.4) is 0 Å². The van der Waals surface area contributed by atoms with E-state index in [9.17, 15) is 5.11 Å². The fourth-order valence-electron chi connectivity index (χ4n) is 1.31. The largest absolute Gasteiger partial charge is 1.00 e. The van der Waals surface area contributed by atoms with Crippen LogP contribution in [0.4, 0.5) is 0 Å². The fraction of sp³-hybridized carbons (Fsp3) is 0. The van der Waals surface area contributed by atoms with Gasteiger partial charge in [0.25, 0.3) is 0 Å². The van der Waals surface area contributed by atoms with Crippen molar-refractivity contribution >= 4 is 15.9 Å². The first-order valence-corrected chi connectivity index (χ1v) is 5.08. The topological polar surface area (TPSA) is 23.1 Å². The number of hydrogen-bond acceptors (Lipinski definition) is 1. The second-order valence-electron chi connectivity index (χ2n) is 3.01. The minimum Gasteiger partial charge on any atom is -0.872 e. The minimum absolute atomic E-state index is 0. The Morgan fingerprint density at radius 1 is 0.867 bits per heavy atom. The second-order valence-corrected chi connectivity index (χ2v) is 3.87. The molecule has 0 unspecified atom stereocenters. The predicted octanol–water partition coefficient (Wildman–Crippen LogP) is 0.194. The molecule has 0 N–H and O–H groups in total. The molecular formula is C12H8BrNaO. The van der Waals surface area contributed by atoms with Gasteiger partial charge in [-0.05, 0) is 17.2 Å². The molecule has 0 aliphatic carbocycles. The third kappa shape index (κ3) is 3.08. The molecule has 1 nitrogen and oxygen atoms in total. The van der Waals surface area contributed by atoms with E-state index < -0.39 is 0 Å². The van der Waals surface area contributed by atoms with Crippen LogP contribution in [-0.4, -0.2) is 0 Å². The van der Waals surface area contributed by atoms with E-state index in [2.05, 4.69) is 15.9 Å². The summed E-state index contributed by atoms with van der Waals surface area (Å²) >= 11 is 3.23. The van der Waals surface area contributed by atoms with Crippen molar-refractivity contribution in [3.63, 3.8) is 0 Å². The van der Waals surface area contributed by atoms with E-state index in [4.69, 9.17) is 0 Å². The predicted molar refractivity (Wildman–Crippen MR) is 59.0 cm³/mol. The van der Waals surface area contributed by atoms with Gasteiger partial charge in [-0.2, -0.15) is 0 Å². The van der Waals surface area contributed by atoms with Gasteiger partial charge >= 0.3 is 29.6 Å². The summed E-state index contributed by atoms with van der Waals surface area (Å²) in [7, 11) is 0. The Bertz CT molecular complexity index is 443. The van der Waals surface area contributed by atoms with E-state index in [0.717, 1.165) is 11.1 Å². The first kappa shape index (κ1) is 12.8. The van der Waals surface area contributed by atoms with E-state index in [1.807, 2.05) is 42.5 Å². The summed E-state index contributed by atoms with van der Waals surface area (Å²) in [6, 6.07) is 15.2. The van der Waals surface area contributed by atoms with Crippen LogP contribution in [0.25, 0.3) is 11.1 Å². The standard InChI is InChI=1S/C12H9BrO.Na/c13-11-8-10(6-7-12(11)14)9-4-2-1-3-5-9;/h1-8,14H;/q;+1/p-1. The molecule has 0 amide bonds. The molecule has 0 bridgehead atoms. The third-order valence-corrected chi connectivity index (χ3v) is 2.66. The van der Waals surface area contributed by atoms with Gasteiger partial charge in [-0.1, -0.05) is 64.1 Å². The number of halogens is 1. The van der Waals surface area contributed by atoms with Crippen LogP contribution in [0.1, 0.15) is 0 Å². The molecule has 0 saturated heterocycles. The summed E-state index contributed by atoms with van der Waals surface area (Å²) in [6.07, 6.45) is 0. The Kier molecular flexibility index (Phi) is 4.87. The molecule has 15 heavy (non-hydrogen) atoms. The molecule has 0 spiro atoms. The van der Waals surface area contributed by atoms with E-state index in [1.165, 1.54) is 0 Å². The van der Waals surface area contributed by atoms with Crippen molar-refractivity contribution in [3.8, 4) is 16.9 Å². The molecule has 70 valence electrons. The summed E-state index contributed by atoms with van der Waals surface area (Å²) in [6.45, 7) is 0. The molecular weight excluding hydrogens is 263 g/mol. The van der Waals surface area contributed by atoms with Crippen molar-refractivity contribution in [2.24, 2.45) is 0 Å². The van der Waals surface area contributed by atoms with Crippen LogP contribution in [-0.2, 0) is 0 Å². The molecule has 3 heteroatoms. The molecule has 0 saturated carbocycles. The first-order valence-electron chi connectivity index (χ1n) is 4.29. The summed E-state index contributed by atoms with van der Waals surface area (Å²) in [5, 5.41) is 11.2. The Balaban J connectivity index is 0.00000112. The van der Waals surface area contributed by atoms with Crippen molar-refractivity contribution in [3.05, 3.63) is 53.0 Å². The molecule has 0 atom stereocenters. The average molecular weight is 271 g/mol. The van der Waals surface area contributed by atoms with Gasteiger partial charge in [0.15, 0.2) is 0 Å². The monoisotopic (exact) mass is 270 g/mol. The van der Waals surface area contributed by atoms with Gasteiger partial charge in [0.2, 0.25) is 0 Å². The molecule has 0 heterocycles. The second kappa shape index (κ2) is 5.71.